The number of benzene rings is 1. The summed E-state index contributed by atoms with van der Waals surface area (Å²) in [5, 5.41) is 11.3. The van der Waals surface area contributed by atoms with E-state index >= 15 is 0 Å². The molecule has 4 heteroatoms. The van der Waals surface area contributed by atoms with Crippen molar-refractivity contribution in [3.63, 3.8) is 0 Å². The van der Waals surface area contributed by atoms with Gasteiger partial charge < -0.3 is 10.4 Å². The summed E-state index contributed by atoms with van der Waals surface area (Å²) < 4.78 is 0. The highest BCUT2D eigenvalue weighted by Gasteiger charge is 2.13. The normalized spacial score (nSPS) is 11.1. The van der Waals surface area contributed by atoms with Crippen molar-refractivity contribution < 1.29 is 14.7 Å². The van der Waals surface area contributed by atoms with Crippen LogP contribution < -0.4 is 5.32 Å². The highest BCUT2D eigenvalue weighted by atomic mass is 16.4. The van der Waals surface area contributed by atoms with Gasteiger partial charge in [0.15, 0.2) is 0 Å². The van der Waals surface area contributed by atoms with E-state index in [0.29, 0.717) is 6.42 Å². The summed E-state index contributed by atoms with van der Waals surface area (Å²) in [5.74, 6) is -1.02. The lowest BCUT2D eigenvalue weighted by atomic mass is 9.87. The van der Waals surface area contributed by atoms with Crippen LogP contribution in [0.1, 0.15) is 45.6 Å². The van der Waals surface area contributed by atoms with E-state index in [1.165, 1.54) is 5.56 Å². The number of anilines is 1. The third-order valence-corrected chi connectivity index (χ3v) is 2.83. The molecule has 0 aliphatic carbocycles. The molecule has 1 aromatic rings. The number of rotatable bonds is 5. The second kappa shape index (κ2) is 6.36. The molecule has 104 valence electrons. The molecule has 0 fully saturated rings. The Labute approximate surface area is 113 Å². The maximum atomic E-state index is 11.6. The van der Waals surface area contributed by atoms with Crippen LogP contribution in [0.25, 0.3) is 0 Å². The summed E-state index contributed by atoms with van der Waals surface area (Å²) in [6.07, 6.45) is 0.616. The number of carboxylic acid groups (broad SMARTS) is 1. The molecular formula is C15H21NO3. The average molecular weight is 263 g/mol. The minimum Gasteiger partial charge on any atom is -0.481 e. The number of amides is 1. The van der Waals surface area contributed by atoms with Gasteiger partial charge in [0, 0.05) is 18.5 Å². The molecule has 0 spiro atoms. The standard InChI is InChI=1S/C15H21NO3/c1-15(2,3)11-7-9-12(10-8-11)16-13(17)5-4-6-14(18)19/h7-10H,4-6H2,1-3H3,(H,16,17)(H,18,19). The molecule has 1 aromatic carbocycles. The fraction of sp³-hybridized carbons (Fsp3) is 0.467. The topological polar surface area (TPSA) is 66.4 Å². The SMILES string of the molecule is CC(C)(C)c1ccc(NC(=O)CCCC(=O)O)cc1. The Morgan fingerprint density at radius 3 is 2.16 bits per heavy atom. The van der Waals surface area contributed by atoms with E-state index in [2.05, 4.69) is 26.1 Å². The lowest BCUT2D eigenvalue weighted by Gasteiger charge is -2.19. The summed E-state index contributed by atoms with van der Waals surface area (Å²) >= 11 is 0. The molecule has 0 atom stereocenters. The van der Waals surface area contributed by atoms with Crippen molar-refractivity contribution in [1.29, 1.82) is 0 Å². The number of carboxylic acids is 1. The summed E-state index contributed by atoms with van der Waals surface area (Å²) in [7, 11) is 0. The van der Waals surface area contributed by atoms with Gasteiger partial charge >= 0.3 is 5.97 Å². The molecule has 0 unspecified atom stereocenters. The number of carbonyl (C=O) groups excluding carboxylic acids is 1. The number of hydrogen-bond donors (Lipinski definition) is 2. The molecule has 1 rings (SSSR count). The molecule has 0 aliphatic heterocycles. The fourth-order valence-electron chi connectivity index (χ4n) is 1.68. The molecule has 0 aromatic heterocycles. The van der Waals surface area contributed by atoms with E-state index in [0.717, 1.165) is 5.69 Å². The van der Waals surface area contributed by atoms with Crippen molar-refractivity contribution in [3.8, 4) is 0 Å². The lowest BCUT2D eigenvalue weighted by molar-refractivity contribution is -0.137. The second-order valence-corrected chi connectivity index (χ2v) is 5.62. The number of carbonyl (C=O) groups is 2. The third-order valence-electron chi connectivity index (χ3n) is 2.83. The maximum absolute atomic E-state index is 11.6. The predicted molar refractivity (Wildman–Crippen MR) is 75.3 cm³/mol. The average Bonchev–Trinajstić information content (AvgIpc) is 2.27. The summed E-state index contributed by atoms with van der Waals surface area (Å²) in [6.45, 7) is 6.39. The smallest absolute Gasteiger partial charge is 0.303 e. The summed E-state index contributed by atoms with van der Waals surface area (Å²) in [6, 6.07) is 7.73. The van der Waals surface area contributed by atoms with E-state index in [9.17, 15) is 9.59 Å². The van der Waals surface area contributed by atoms with Crippen molar-refractivity contribution in [3.05, 3.63) is 29.8 Å². The van der Waals surface area contributed by atoms with Crippen LogP contribution in [-0.4, -0.2) is 17.0 Å². The molecule has 0 radical (unpaired) electrons. The fourth-order valence-corrected chi connectivity index (χ4v) is 1.68. The van der Waals surface area contributed by atoms with E-state index in [1.807, 2.05) is 24.3 Å². The van der Waals surface area contributed by atoms with Gasteiger partial charge in [-0.1, -0.05) is 32.9 Å². The number of nitrogens with one attached hydrogen (secondary N) is 1. The van der Waals surface area contributed by atoms with Crippen molar-refractivity contribution in [2.75, 3.05) is 5.32 Å². The van der Waals surface area contributed by atoms with E-state index in [-0.39, 0.29) is 24.2 Å². The minimum atomic E-state index is -0.873. The molecule has 0 saturated carbocycles. The first kappa shape index (κ1) is 15.2. The van der Waals surface area contributed by atoms with Crippen LogP contribution in [0.5, 0.6) is 0 Å². The van der Waals surface area contributed by atoms with Crippen LogP contribution in [0.4, 0.5) is 5.69 Å². The van der Waals surface area contributed by atoms with Crippen LogP contribution in [0.15, 0.2) is 24.3 Å². The van der Waals surface area contributed by atoms with Gasteiger partial charge in [-0.3, -0.25) is 9.59 Å². The maximum Gasteiger partial charge on any atom is 0.303 e. The Kier molecular flexibility index (Phi) is 5.10. The molecule has 2 N–H and O–H groups in total. The van der Waals surface area contributed by atoms with Crippen LogP contribution in [-0.2, 0) is 15.0 Å². The number of hydrogen-bond acceptors (Lipinski definition) is 2. The first-order valence-electron chi connectivity index (χ1n) is 6.41. The zero-order valence-corrected chi connectivity index (χ0v) is 11.7. The summed E-state index contributed by atoms with van der Waals surface area (Å²) in [5.41, 5.74) is 2.04. The first-order chi connectivity index (χ1) is 8.79. The van der Waals surface area contributed by atoms with Crippen molar-refractivity contribution in [1.82, 2.24) is 0 Å². The predicted octanol–water partition coefficient (Wildman–Crippen LogP) is 3.18. The minimum absolute atomic E-state index is 0.0242. The van der Waals surface area contributed by atoms with E-state index in [1.54, 1.807) is 0 Å². The highest BCUT2D eigenvalue weighted by Crippen LogP contribution is 2.23. The molecular weight excluding hydrogens is 242 g/mol. The zero-order chi connectivity index (χ0) is 14.5. The largest absolute Gasteiger partial charge is 0.481 e. The van der Waals surface area contributed by atoms with Gasteiger partial charge in [0.2, 0.25) is 5.91 Å². The van der Waals surface area contributed by atoms with Gasteiger partial charge in [0.05, 0.1) is 0 Å². The Balaban J connectivity index is 2.49. The first-order valence-corrected chi connectivity index (χ1v) is 6.41. The Bertz CT molecular complexity index is 443. The molecule has 4 nitrogen and oxygen atoms in total. The second-order valence-electron chi connectivity index (χ2n) is 5.62. The number of aliphatic carboxylic acids is 1. The van der Waals surface area contributed by atoms with Crippen LogP contribution in [0.2, 0.25) is 0 Å². The van der Waals surface area contributed by atoms with Crippen LogP contribution in [0.3, 0.4) is 0 Å². The van der Waals surface area contributed by atoms with Gasteiger partial charge in [-0.2, -0.15) is 0 Å². The van der Waals surface area contributed by atoms with Crippen molar-refractivity contribution >= 4 is 17.6 Å². The third kappa shape index (κ3) is 5.55. The zero-order valence-electron chi connectivity index (χ0n) is 11.7. The van der Waals surface area contributed by atoms with Crippen molar-refractivity contribution in [2.24, 2.45) is 0 Å². The monoisotopic (exact) mass is 263 g/mol. The van der Waals surface area contributed by atoms with Crippen LogP contribution >= 0.6 is 0 Å². The van der Waals surface area contributed by atoms with Gasteiger partial charge in [-0.25, -0.2) is 0 Å². The van der Waals surface area contributed by atoms with E-state index in [4.69, 9.17) is 5.11 Å². The Morgan fingerprint density at radius 1 is 1.11 bits per heavy atom. The van der Waals surface area contributed by atoms with Gasteiger partial charge in [-0.05, 0) is 29.5 Å². The lowest BCUT2D eigenvalue weighted by Crippen LogP contribution is -2.13. The molecule has 19 heavy (non-hydrogen) atoms. The van der Waals surface area contributed by atoms with E-state index < -0.39 is 5.97 Å². The van der Waals surface area contributed by atoms with Crippen LogP contribution in [0, 0.1) is 0 Å². The summed E-state index contributed by atoms with van der Waals surface area (Å²) in [4.78, 5) is 21.9. The van der Waals surface area contributed by atoms with Gasteiger partial charge in [0.25, 0.3) is 0 Å². The Hall–Kier alpha value is -1.84. The van der Waals surface area contributed by atoms with Crippen molar-refractivity contribution in [2.45, 2.75) is 45.4 Å². The molecule has 0 bridgehead atoms. The molecule has 0 heterocycles. The highest BCUT2D eigenvalue weighted by molar-refractivity contribution is 5.90. The van der Waals surface area contributed by atoms with Gasteiger partial charge in [-0.15, -0.1) is 0 Å². The Morgan fingerprint density at radius 2 is 1.68 bits per heavy atom. The molecule has 1 amide bonds. The van der Waals surface area contributed by atoms with Gasteiger partial charge in [0.1, 0.15) is 0 Å². The quantitative estimate of drug-likeness (QED) is 0.857. The molecule has 0 saturated heterocycles. The molecule has 0 aliphatic rings.